The third-order valence-corrected chi connectivity index (χ3v) is 5.71. The highest BCUT2D eigenvalue weighted by Crippen LogP contribution is 2.43. The summed E-state index contributed by atoms with van der Waals surface area (Å²) in [6.45, 7) is 4.13. The molecule has 0 aliphatic rings. The minimum Gasteiger partial charge on any atom is -0.493 e. The van der Waals surface area contributed by atoms with Gasteiger partial charge in [0.15, 0.2) is 23.0 Å². The lowest BCUT2D eigenvalue weighted by Crippen LogP contribution is -2.19. The van der Waals surface area contributed by atoms with Crippen molar-refractivity contribution >= 4 is 0 Å². The fourth-order valence-electron chi connectivity index (χ4n) is 3.70. The van der Waals surface area contributed by atoms with E-state index >= 15 is 0 Å². The topological polar surface area (TPSA) is 75.6 Å². The number of hydrogen-bond donors (Lipinski definition) is 1. The van der Waals surface area contributed by atoms with Crippen LogP contribution in [-0.4, -0.2) is 47.8 Å². The summed E-state index contributed by atoms with van der Waals surface area (Å²) in [6, 6.07) is 7.45. The van der Waals surface area contributed by atoms with E-state index in [9.17, 15) is 5.11 Å². The van der Waals surface area contributed by atoms with Crippen LogP contribution in [0.3, 0.4) is 0 Å². The summed E-state index contributed by atoms with van der Waals surface area (Å²) in [7, 11) is 9.45. The van der Waals surface area contributed by atoms with Crippen LogP contribution in [0.2, 0.25) is 0 Å². The first-order valence-corrected chi connectivity index (χ1v) is 10.1. The van der Waals surface area contributed by atoms with E-state index in [0.717, 1.165) is 12.0 Å². The smallest absolute Gasteiger partial charge is 0.203 e. The van der Waals surface area contributed by atoms with Crippen molar-refractivity contribution in [3.8, 4) is 34.5 Å². The Balaban J connectivity index is 2.28. The Morgan fingerprint density at radius 1 is 0.645 bits per heavy atom. The van der Waals surface area contributed by atoms with Gasteiger partial charge in [-0.05, 0) is 53.6 Å². The van der Waals surface area contributed by atoms with Gasteiger partial charge in [0.1, 0.15) is 0 Å². The molecule has 7 heteroatoms. The first kappa shape index (κ1) is 24.5. The number of rotatable bonds is 11. The van der Waals surface area contributed by atoms with Crippen LogP contribution in [0.15, 0.2) is 24.3 Å². The molecule has 3 atom stereocenters. The molecule has 0 aliphatic heterocycles. The summed E-state index contributed by atoms with van der Waals surface area (Å²) < 4.78 is 32.5. The van der Waals surface area contributed by atoms with Crippen molar-refractivity contribution in [1.82, 2.24) is 0 Å². The Bertz CT molecular complexity index is 815. The summed E-state index contributed by atoms with van der Waals surface area (Å²) in [6.07, 6.45) is 0.00469. The van der Waals surface area contributed by atoms with Gasteiger partial charge in [-0.3, -0.25) is 0 Å². The van der Waals surface area contributed by atoms with Crippen LogP contribution in [0.4, 0.5) is 0 Å². The Kier molecular flexibility index (Phi) is 8.68. The SMILES string of the molecule is COc1cc(C[C@@H](C)[C@H](C)[C@H](O)c2cc(OC)c(OC)c(OC)c2)cc(OC)c1OC. The van der Waals surface area contributed by atoms with Crippen molar-refractivity contribution in [1.29, 1.82) is 0 Å². The molecule has 0 bridgehead atoms. The summed E-state index contributed by atoms with van der Waals surface area (Å²) in [5.74, 6) is 3.41. The maximum atomic E-state index is 11.1. The maximum absolute atomic E-state index is 11.1. The Hall–Kier alpha value is -2.80. The average molecular weight is 435 g/mol. The predicted octanol–water partition coefficient (Wildman–Crippen LogP) is 4.29. The van der Waals surface area contributed by atoms with E-state index in [1.165, 1.54) is 0 Å². The average Bonchev–Trinajstić information content (AvgIpc) is 2.80. The quantitative estimate of drug-likeness (QED) is 0.565. The van der Waals surface area contributed by atoms with Gasteiger partial charge in [0.25, 0.3) is 0 Å². The fourth-order valence-corrected chi connectivity index (χ4v) is 3.70. The van der Waals surface area contributed by atoms with E-state index < -0.39 is 6.10 Å². The second-order valence-electron chi connectivity index (χ2n) is 7.48. The van der Waals surface area contributed by atoms with Crippen LogP contribution in [-0.2, 0) is 6.42 Å². The molecule has 7 nitrogen and oxygen atoms in total. The van der Waals surface area contributed by atoms with E-state index in [4.69, 9.17) is 28.4 Å². The van der Waals surface area contributed by atoms with Gasteiger partial charge in [-0.2, -0.15) is 0 Å². The number of aliphatic hydroxyl groups excluding tert-OH is 1. The molecule has 0 amide bonds. The van der Waals surface area contributed by atoms with Crippen LogP contribution in [0.1, 0.15) is 31.1 Å². The molecule has 0 aliphatic carbocycles. The van der Waals surface area contributed by atoms with Crippen molar-refractivity contribution in [2.45, 2.75) is 26.4 Å². The van der Waals surface area contributed by atoms with Crippen molar-refractivity contribution in [3.63, 3.8) is 0 Å². The van der Waals surface area contributed by atoms with Gasteiger partial charge in [-0.25, -0.2) is 0 Å². The highest BCUT2D eigenvalue weighted by atomic mass is 16.5. The normalized spacial score (nSPS) is 13.7. The molecule has 2 aromatic rings. The van der Waals surface area contributed by atoms with Crippen molar-refractivity contribution in [3.05, 3.63) is 35.4 Å². The van der Waals surface area contributed by atoms with Crippen LogP contribution in [0, 0.1) is 11.8 Å². The van der Waals surface area contributed by atoms with E-state index in [-0.39, 0.29) is 11.8 Å². The molecular weight excluding hydrogens is 400 g/mol. The predicted molar refractivity (Wildman–Crippen MR) is 119 cm³/mol. The van der Waals surface area contributed by atoms with Crippen LogP contribution in [0.5, 0.6) is 34.5 Å². The van der Waals surface area contributed by atoms with E-state index in [1.54, 1.807) is 54.8 Å². The molecule has 0 spiro atoms. The first-order valence-electron chi connectivity index (χ1n) is 10.1. The lowest BCUT2D eigenvalue weighted by Gasteiger charge is -2.27. The molecule has 0 saturated heterocycles. The van der Waals surface area contributed by atoms with Gasteiger partial charge in [0.05, 0.1) is 48.8 Å². The van der Waals surface area contributed by atoms with Gasteiger partial charge in [0.2, 0.25) is 11.5 Å². The molecule has 0 radical (unpaired) electrons. The molecule has 31 heavy (non-hydrogen) atoms. The summed E-state index contributed by atoms with van der Waals surface area (Å²) >= 11 is 0. The van der Waals surface area contributed by atoms with Crippen molar-refractivity contribution in [2.24, 2.45) is 11.8 Å². The van der Waals surface area contributed by atoms with E-state index in [2.05, 4.69) is 6.92 Å². The summed E-state index contributed by atoms with van der Waals surface area (Å²) in [4.78, 5) is 0. The van der Waals surface area contributed by atoms with E-state index in [1.807, 2.05) is 19.1 Å². The largest absolute Gasteiger partial charge is 0.493 e. The van der Waals surface area contributed by atoms with Crippen LogP contribution in [0.25, 0.3) is 0 Å². The van der Waals surface area contributed by atoms with Gasteiger partial charge in [-0.15, -0.1) is 0 Å². The van der Waals surface area contributed by atoms with Gasteiger partial charge >= 0.3 is 0 Å². The summed E-state index contributed by atoms with van der Waals surface area (Å²) in [5.41, 5.74) is 1.74. The number of benzene rings is 2. The zero-order valence-corrected chi connectivity index (χ0v) is 19.6. The first-order chi connectivity index (χ1) is 14.8. The number of ether oxygens (including phenoxy) is 6. The molecule has 0 fully saturated rings. The molecule has 2 rings (SSSR count). The molecule has 0 saturated carbocycles. The molecular formula is C24H34O7. The molecule has 0 unspecified atom stereocenters. The lowest BCUT2D eigenvalue weighted by molar-refractivity contribution is 0.0866. The molecule has 0 heterocycles. The summed E-state index contributed by atoms with van der Waals surface area (Å²) in [5, 5.41) is 11.1. The molecule has 1 N–H and O–H groups in total. The zero-order valence-electron chi connectivity index (χ0n) is 19.6. The highest BCUT2D eigenvalue weighted by molar-refractivity contribution is 5.55. The minimum atomic E-state index is -0.717. The second-order valence-corrected chi connectivity index (χ2v) is 7.48. The van der Waals surface area contributed by atoms with Gasteiger partial charge in [-0.1, -0.05) is 13.8 Å². The third kappa shape index (κ3) is 5.28. The number of hydrogen-bond acceptors (Lipinski definition) is 7. The highest BCUT2D eigenvalue weighted by Gasteiger charge is 2.26. The zero-order chi connectivity index (χ0) is 23.1. The molecule has 0 aromatic heterocycles. The third-order valence-electron chi connectivity index (χ3n) is 5.71. The minimum absolute atomic E-state index is 0.0538. The second kappa shape index (κ2) is 11.0. The van der Waals surface area contributed by atoms with Gasteiger partial charge in [0, 0.05) is 0 Å². The van der Waals surface area contributed by atoms with Crippen LogP contribution >= 0.6 is 0 Å². The Morgan fingerprint density at radius 3 is 1.39 bits per heavy atom. The van der Waals surface area contributed by atoms with Crippen LogP contribution < -0.4 is 28.4 Å². The Morgan fingerprint density at radius 2 is 1.03 bits per heavy atom. The van der Waals surface area contributed by atoms with E-state index in [0.29, 0.717) is 40.1 Å². The standard InChI is InChI=1S/C24H34O7/c1-14(9-16-10-18(26-3)23(30-7)19(11-16)27-4)15(2)22(25)17-12-20(28-5)24(31-8)21(13-17)29-6/h10-15,22,25H,9H2,1-8H3/t14-,15+,22+/m1/s1. The molecule has 172 valence electrons. The lowest BCUT2D eigenvalue weighted by atomic mass is 9.83. The number of methoxy groups -OCH3 is 6. The van der Waals surface area contributed by atoms with Gasteiger partial charge < -0.3 is 33.5 Å². The number of aliphatic hydroxyl groups is 1. The Labute approximate surface area is 184 Å². The van der Waals surface area contributed by atoms with Crippen molar-refractivity contribution < 1.29 is 33.5 Å². The van der Waals surface area contributed by atoms with Crippen molar-refractivity contribution in [2.75, 3.05) is 42.7 Å². The molecule has 2 aromatic carbocycles. The fraction of sp³-hybridized carbons (Fsp3) is 0.500. The maximum Gasteiger partial charge on any atom is 0.203 e. The monoisotopic (exact) mass is 434 g/mol.